The summed E-state index contributed by atoms with van der Waals surface area (Å²) < 4.78 is 31.0. The summed E-state index contributed by atoms with van der Waals surface area (Å²) in [7, 11) is 1.75. The summed E-state index contributed by atoms with van der Waals surface area (Å²) in [5.74, 6) is -0.808. The van der Waals surface area contributed by atoms with Crippen molar-refractivity contribution in [3.8, 4) is 11.1 Å². The van der Waals surface area contributed by atoms with E-state index in [4.69, 9.17) is 0 Å². The average molecular weight is 449 g/mol. The number of hydrogen-bond acceptors (Lipinski definition) is 4. The van der Waals surface area contributed by atoms with Crippen molar-refractivity contribution in [2.24, 2.45) is 12.0 Å². The molecular formula is C24H23F2N6O+. The van der Waals surface area contributed by atoms with E-state index in [0.29, 0.717) is 47.7 Å². The summed E-state index contributed by atoms with van der Waals surface area (Å²) in [6.07, 6.45) is 2.55. The van der Waals surface area contributed by atoms with Crippen molar-refractivity contribution in [3.05, 3.63) is 65.7 Å². The Bertz CT molecular complexity index is 1270. The maximum absolute atomic E-state index is 14.8. The van der Waals surface area contributed by atoms with Gasteiger partial charge >= 0.3 is 0 Å². The van der Waals surface area contributed by atoms with Crippen LogP contribution in [0.2, 0.25) is 0 Å². The molecule has 3 heterocycles. The number of aliphatic imine (C=N–C) groups is 1. The molecule has 33 heavy (non-hydrogen) atoms. The van der Waals surface area contributed by atoms with Gasteiger partial charge < -0.3 is 5.32 Å². The number of carbonyl (C=O) groups is 1. The van der Waals surface area contributed by atoms with Crippen molar-refractivity contribution in [1.29, 1.82) is 0 Å². The van der Waals surface area contributed by atoms with Crippen LogP contribution in [0, 0.1) is 5.82 Å². The fourth-order valence-corrected chi connectivity index (χ4v) is 4.09. The van der Waals surface area contributed by atoms with Gasteiger partial charge in [-0.05, 0) is 23.8 Å². The Morgan fingerprint density at radius 2 is 2.00 bits per heavy atom. The average Bonchev–Trinajstić information content (AvgIpc) is 3.20. The molecule has 2 aromatic carbocycles. The molecule has 0 spiro atoms. The molecule has 0 unspecified atom stereocenters. The Morgan fingerprint density at radius 3 is 2.67 bits per heavy atom. The summed E-state index contributed by atoms with van der Waals surface area (Å²) >= 11 is 0. The lowest BCUT2D eigenvalue weighted by Crippen LogP contribution is -2.47. The number of aryl methyl sites for hydroxylation is 1. The Morgan fingerprint density at radius 1 is 1.24 bits per heavy atom. The molecule has 0 saturated carbocycles. The molecule has 0 bridgehead atoms. The van der Waals surface area contributed by atoms with Crippen molar-refractivity contribution in [2.45, 2.75) is 12.7 Å². The summed E-state index contributed by atoms with van der Waals surface area (Å²) in [5.41, 5.74) is 3.82. The molecule has 1 fully saturated rings. The van der Waals surface area contributed by atoms with Crippen LogP contribution in [0.25, 0.3) is 11.1 Å². The molecular weight excluding hydrogens is 426 g/mol. The van der Waals surface area contributed by atoms with Gasteiger partial charge in [0.25, 0.3) is 5.91 Å². The van der Waals surface area contributed by atoms with Gasteiger partial charge in [-0.15, -0.1) is 0 Å². The first-order valence-electron chi connectivity index (χ1n) is 10.6. The second kappa shape index (κ2) is 8.32. The standard InChI is InChI=1S/C24H22F2N6O/c1-30-14-27-23(20-7-19(21(26)8-22(20)30)16-9-28-31(2)11-16)24(33)29-18-5-3-15(4-6-18)10-32-12-17(25)13-32/h3-9,11,17H,1,10,12-14H2,2H3/p+1. The fourth-order valence-electron chi connectivity index (χ4n) is 4.09. The number of halogens is 2. The molecule has 3 aromatic rings. The van der Waals surface area contributed by atoms with E-state index in [-0.39, 0.29) is 18.3 Å². The van der Waals surface area contributed by atoms with Crippen molar-refractivity contribution in [3.63, 3.8) is 0 Å². The smallest absolute Gasteiger partial charge is 0.274 e. The molecule has 0 aliphatic carbocycles. The van der Waals surface area contributed by atoms with Gasteiger partial charge in [0, 0.05) is 55.8 Å². The number of anilines is 1. The van der Waals surface area contributed by atoms with E-state index in [1.165, 1.54) is 6.07 Å². The highest BCUT2D eigenvalue weighted by molar-refractivity contribution is 6.49. The van der Waals surface area contributed by atoms with Gasteiger partial charge in [-0.3, -0.25) is 14.4 Å². The van der Waals surface area contributed by atoms with Crippen LogP contribution < -0.4 is 5.32 Å². The zero-order valence-electron chi connectivity index (χ0n) is 18.1. The Labute approximate surface area is 189 Å². The molecule has 0 radical (unpaired) electrons. The highest BCUT2D eigenvalue weighted by Crippen LogP contribution is 2.32. The van der Waals surface area contributed by atoms with E-state index in [2.05, 4.69) is 22.1 Å². The predicted octanol–water partition coefficient (Wildman–Crippen LogP) is 3.12. The van der Waals surface area contributed by atoms with E-state index in [9.17, 15) is 13.6 Å². The molecule has 9 heteroatoms. The van der Waals surface area contributed by atoms with Gasteiger partial charge in [0.1, 0.15) is 24.4 Å². The predicted molar refractivity (Wildman–Crippen MR) is 122 cm³/mol. The SMILES string of the molecule is C=[N+]1CN=C(C(=O)Nc2ccc(CN3CC(F)C3)cc2)c2cc(-c3cnn(C)c3)c(F)cc21. The van der Waals surface area contributed by atoms with Crippen molar-refractivity contribution >= 4 is 29.7 Å². The largest absolute Gasteiger partial charge is 0.321 e. The first-order valence-corrected chi connectivity index (χ1v) is 10.6. The lowest BCUT2D eigenvalue weighted by Gasteiger charge is -2.34. The lowest BCUT2D eigenvalue weighted by molar-refractivity contribution is -0.430. The second-order valence-electron chi connectivity index (χ2n) is 8.38. The third kappa shape index (κ3) is 4.19. The number of nitrogens with zero attached hydrogens (tertiary/aromatic N) is 5. The van der Waals surface area contributed by atoms with Crippen LogP contribution in [0.3, 0.4) is 0 Å². The number of benzene rings is 2. The van der Waals surface area contributed by atoms with E-state index in [1.54, 1.807) is 34.8 Å². The number of likely N-dealkylation sites (tertiary alicyclic amines) is 1. The van der Waals surface area contributed by atoms with Crippen LogP contribution in [0.1, 0.15) is 11.1 Å². The van der Waals surface area contributed by atoms with Crippen LogP contribution >= 0.6 is 0 Å². The molecule has 168 valence electrons. The van der Waals surface area contributed by atoms with E-state index in [0.717, 1.165) is 5.56 Å². The minimum atomic E-state index is -0.732. The number of hydrogen-bond donors (Lipinski definition) is 1. The summed E-state index contributed by atoms with van der Waals surface area (Å²) in [5, 5.41) is 6.97. The van der Waals surface area contributed by atoms with Crippen molar-refractivity contribution < 1.29 is 18.2 Å². The Kier molecular flexibility index (Phi) is 5.33. The number of carbonyl (C=O) groups excluding carboxylic acids is 1. The van der Waals surface area contributed by atoms with E-state index in [1.807, 2.05) is 29.2 Å². The number of amides is 1. The van der Waals surface area contributed by atoms with Gasteiger partial charge in [0.15, 0.2) is 0 Å². The quantitative estimate of drug-likeness (QED) is 0.609. The van der Waals surface area contributed by atoms with Crippen LogP contribution in [-0.2, 0) is 18.4 Å². The summed E-state index contributed by atoms with van der Waals surface area (Å²) in [6.45, 7) is 5.64. The van der Waals surface area contributed by atoms with E-state index >= 15 is 0 Å². The van der Waals surface area contributed by atoms with E-state index < -0.39 is 12.0 Å². The third-order valence-corrected chi connectivity index (χ3v) is 5.84. The minimum absolute atomic E-state index is 0.145. The highest BCUT2D eigenvalue weighted by atomic mass is 19.1. The van der Waals surface area contributed by atoms with Crippen LogP contribution in [-0.4, -0.2) is 63.5 Å². The molecule has 1 N–H and O–H groups in total. The number of nitrogens with one attached hydrogen (secondary N) is 1. The minimum Gasteiger partial charge on any atom is -0.321 e. The number of fused-ring (bicyclic) bond motifs is 1. The monoisotopic (exact) mass is 449 g/mol. The van der Waals surface area contributed by atoms with Gasteiger partial charge in [0.2, 0.25) is 12.4 Å². The van der Waals surface area contributed by atoms with Gasteiger partial charge in [-0.2, -0.15) is 9.67 Å². The first kappa shape index (κ1) is 21.1. The first-order chi connectivity index (χ1) is 15.9. The molecule has 2 aliphatic rings. The topological polar surface area (TPSA) is 65.5 Å². The molecule has 0 atom stereocenters. The molecule has 1 amide bonds. The van der Waals surface area contributed by atoms with Gasteiger partial charge in [-0.1, -0.05) is 12.1 Å². The van der Waals surface area contributed by atoms with Crippen molar-refractivity contribution in [1.82, 2.24) is 14.7 Å². The Balaban J connectivity index is 1.37. The summed E-state index contributed by atoms with van der Waals surface area (Å²) in [4.78, 5) is 19.5. The molecule has 2 aliphatic heterocycles. The normalized spacial score (nSPS) is 16.2. The van der Waals surface area contributed by atoms with Crippen LogP contribution in [0.15, 0.2) is 53.8 Å². The molecule has 5 rings (SSSR count). The Hall–Kier alpha value is -3.72. The number of alkyl halides is 1. The zero-order chi connectivity index (χ0) is 23.1. The van der Waals surface area contributed by atoms with Crippen molar-refractivity contribution in [2.75, 3.05) is 25.1 Å². The summed E-state index contributed by atoms with van der Waals surface area (Å²) in [6, 6.07) is 10.4. The maximum atomic E-state index is 14.8. The number of aromatic nitrogens is 2. The zero-order valence-corrected chi connectivity index (χ0v) is 18.1. The van der Waals surface area contributed by atoms with Crippen LogP contribution in [0.4, 0.5) is 20.2 Å². The number of rotatable bonds is 5. The molecule has 1 aromatic heterocycles. The maximum Gasteiger partial charge on any atom is 0.274 e. The van der Waals surface area contributed by atoms with Crippen LogP contribution in [0.5, 0.6) is 0 Å². The highest BCUT2D eigenvalue weighted by Gasteiger charge is 2.30. The third-order valence-electron chi connectivity index (χ3n) is 5.84. The molecule has 1 saturated heterocycles. The lowest BCUT2D eigenvalue weighted by atomic mass is 9.98. The fraction of sp³-hybridized carbons (Fsp3) is 0.250. The van der Waals surface area contributed by atoms with Gasteiger partial charge in [-0.25, -0.2) is 13.8 Å². The molecule has 7 nitrogen and oxygen atoms in total. The van der Waals surface area contributed by atoms with Gasteiger partial charge in [0.05, 0.1) is 11.8 Å². The second-order valence-corrected chi connectivity index (χ2v) is 8.38.